The Morgan fingerprint density at radius 3 is 2.44 bits per heavy atom. The summed E-state index contributed by atoms with van der Waals surface area (Å²) in [4.78, 5) is 14.3. The van der Waals surface area contributed by atoms with Crippen LogP contribution in [0.2, 0.25) is 0 Å². The Morgan fingerprint density at radius 1 is 1.12 bits per heavy atom. The Labute approximate surface area is 198 Å². The van der Waals surface area contributed by atoms with Crippen molar-refractivity contribution in [2.75, 3.05) is 20.2 Å². The molecule has 0 saturated carbocycles. The van der Waals surface area contributed by atoms with E-state index in [4.69, 9.17) is 14.6 Å². The van der Waals surface area contributed by atoms with E-state index in [1.165, 1.54) is 6.07 Å². The first-order chi connectivity index (χ1) is 16.4. The Bertz CT molecular complexity index is 1120. The highest BCUT2D eigenvalue weighted by Gasteiger charge is 2.25. The maximum absolute atomic E-state index is 14.5. The molecule has 34 heavy (non-hydrogen) atoms. The number of carbonyl (C=O) groups excluding carboxylic acids is 1. The predicted molar refractivity (Wildman–Crippen MR) is 126 cm³/mol. The molecule has 9 heteroatoms. The number of aromatic nitrogens is 2. The number of nitrogens with zero attached hydrogens (tertiary/aromatic N) is 3. The molecule has 0 bridgehead atoms. The molecule has 0 atom stereocenters. The Morgan fingerprint density at radius 2 is 1.85 bits per heavy atom. The van der Waals surface area contributed by atoms with Crippen LogP contribution in [0.25, 0.3) is 5.69 Å². The molecule has 0 fully saturated rings. The van der Waals surface area contributed by atoms with Crippen molar-refractivity contribution in [1.29, 1.82) is 0 Å². The largest absolute Gasteiger partial charge is 0.497 e. The number of carbonyl (C=O) groups is 1. The number of rotatable bonds is 10. The summed E-state index contributed by atoms with van der Waals surface area (Å²) in [5.74, 6) is -0.740. The molecule has 0 unspecified atom stereocenters. The third-order valence-corrected chi connectivity index (χ3v) is 5.23. The molecule has 7 nitrogen and oxygen atoms in total. The van der Waals surface area contributed by atoms with Gasteiger partial charge in [-0.1, -0.05) is 13.8 Å². The van der Waals surface area contributed by atoms with Crippen LogP contribution in [0.5, 0.6) is 17.4 Å². The lowest BCUT2D eigenvalue weighted by Gasteiger charge is -2.23. The highest BCUT2D eigenvalue weighted by molar-refractivity contribution is 5.74. The van der Waals surface area contributed by atoms with E-state index in [1.54, 1.807) is 41.0 Å². The molecular formula is C25H30F2N4O3. The number of urea groups is 1. The normalized spacial score (nSPS) is 10.8. The van der Waals surface area contributed by atoms with Gasteiger partial charge in [-0.2, -0.15) is 5.10 Å². The van der Waals surface area contributed by atoms with E-state index in [9.17, 15) is 13.6 Å². The first kappa shape index (κ1) is 25.0. The maximum Gasteiger partial charge on any atom is 0.317 e. The van der Waals surface area contributed by atoms with Crippen LogP contribution in [0, 0.1) is 11.6 Å². The lowest BCUT2D eigenvalue weighted by atomic mass is 10.2. The molecule has 0 radical (unpaired) electrons. The van der Waals surface area contributed by atoms with Crippen molar-refractivity contribution < 1.29 is 23.0 Å². The van der Waals surface area contributed by atoms with Gasteiger partial charge in [-0.25, -0.2) is 18.3 Å². The third-order valence-electron chi connectivity index (χ3n) is 5.23. The Hall–Kier alpha value is -3.62. The number of hydrogen-bond donors (Lipinski definition) is 1. The van der Waals surface area contributed by atoms with Gasteiger partial charge in [-0.05, 0) is 56.2 Å². The summed E-state index contributed by atoms with van der Waals surface area (Å²) in [7, 11) is 1.58. The lowest BCUT2D eigenvalue weighted by Crippen LogP contribution is -2.40. The van der Waals surface area contributed by atoms with E-state index in [2.05, 4.69) is 5.32 Å². The zero-order valence-electron chi connectivity index (χ0n) is 19.9. The van der Waals surface area contributed by atoms with Gasteiger partial charge >= 0.3 is 6.03 Å². The molecular weight excluding hydrogens is 442 g/mol. The highest BCUT2D eigenvalue weighted by atomic mass is 19.1. The number of methoxy groups -OCH3 is 1. The van der Waals surface area contributed by atoms with E-state index in [-0.39, 0.29) is 24.2 Å². The van der Waals surface area contributed by atoms with Crippen LogP contribution < -0.4 is 14.8 Å². The second kappa shape index (κ2) is 11.5. The van der Waals surface area contributed by atoms with Crippen LogP contribution in [0.3, 0.4) is 0 Å². The summed E-state index contributed by atoms with van der Waals surface area (Å²) in [6.45, 7) is 7.02. The monoisotopic (exact) mass is 472 g/mol. The molecule has 0 aliphatic carbocycles. The average molecular weight is 473 g/mol. The molecule has 1 heterocycles. The summed E-state index contributed by atoms with van der Waals surface area (Å²) < 4.78 is 40.8. The van der Waals surface area contributed by atoms with Crippen molar-refractivity contribution in [1.82, 2.24) is 20.0 Å². The van der Waals surface area contributed by atoms with Crippen molar-refractivity contribution in [2.45, 2.75) is 40.2 Å². The minimum absolute atomic E-state index is 0.139. The molecule has 3 aromatic rings. The quantitative estimate of drug-likeness (QED) is 0.426. The van der Waals surface area contributed by atoms with Crippen LogP contribution in [-0.4, -0.2) is 40.9 Å². The summed E-state index contributed by atoms with van der Waals surface area (Å²) >= 11 is 0. The van der Waals surface area contributed by atoms with Gasteiger partial charge in [-0.3, -0.25) is 0 Å². The SMILES string of the molecule is CCCN(Cc1c(CC)nn(-c2ccc(OC)cc2)c1Oc1ccc(F)cc1F)C(=O)NCC. The fourth-order valence-corrected chi connectivity index (χ4v) is 3.56. The number of aryl methyl sites for hydroxylation is 1. The van der Waals surface area contributed by atoms with Gasteiger partial charge in [0.15, 0.2) is 11.6 Å². The van der Waals surface area contributed by atoms with E-state index in [0.717, 1.165) is 18.6 Å². The van der Waals surface area contributed by atoms with E-state index in [1.807, 2.05) is 20.8 Å². The number of nitrogens with one attached hydrogen (secondary N) is 1. The Kier molecular flexibility index (Phi) is 8.45. The zero-order valence-corrected chi connectivity index (χ0v) is 19.9. The van der Waals surface area contributed by atoms with Gasteiger partial charge in [0.05, 0.1) is 30.6 Å². The van der Waals surface area contributed by atoms with Crippen LogP contribution in [0.1, 0.15) is 38.4 Å². The minimum Gasteiger partial charge on any atom is -0.497 e. The number of hydrogen-bond acceptors (Lipinski definition) is 4. The highest BCUT2D eigenvalue weighted by Crippen LogP contribution is 2.34. The van der Waals surface area contributed by atoms with E-state index in [0.29, 0.717) is 42.2 Å². The van der Waals surface area contributed by atoms with Crippen molar-refractivity contribution in [2.24, 2.45) is 0 Å². The topological polar surface area (TPSA) is 68.6 Å². The second-order valence-corrected chi connectivity index (χ2v) is 7.63. The number of halogens is 2. The van der Waals surface area contributed by atoms with Crippen molar-refractivity contribution in [3.8, 4) is 23.1 Å². The van der Waals surface area contributed by atoms with Crippen molar-refractivity contribution in [3.05, 3.63) is 65.4 Å². The lowest BCUT2D eigenvalue weighted by molar-refractivity contribution is 0.195. The van der Waals surface area contributed by atoms with Crippen LogP contribution in [0.4, 0.5) is 13.6 Å². The van der Waals surface area contributed by atoms with Crippen molar-refractivity contribution in [3.63, 3.8) is 0 Å². The summed E-state index contributed by atoms with van der Waals surface area (Å²) in [6, 6.07) is 10.1. The number of ether oxygens (including phenoxy) is 2. The first-order valence-corrected chi connectivity index (χ1v) is 11.3. The van der Waals surface area contributed by atoms with Gasteiger partial charge in [0.25, 0.3) is 0 Å². The van der Waals surface area contributed by atoms with E-state index < -0.39 is 11.6 Å². The number of amides is 2. The molecule has 182 valence electrons. The molecule has 0 spiro atoms. The minimum atomic E-state index is -0.833. The summed E-state index contributed by atoms with van der Waals surface area (Å²) in [5, 5.41) is 7.54. The van der Waals surface area contributed by atoms with E-state index >= 15 is 0 Å². The van der Waals surface area contributed by atoms with Gasteiger partial charge in [0, 0.05) is 19.2 Å². The fraction of sp³-hybridized carbons (Fsp3) is 0.360. The van der Waals surface area contributed by atoms with Crippen LogP contribution in [0.15, 0.2) is 42.5 Å². The fourth-order valence-electron chi connectivity index (χ4n) is 3.56. The third kappa shape index (κ3) is 5.65. The van der Waals surface area contributed by atoms with Crippen molar-refractivity contribution >= 4 is 6.03 Å². The molecule has 2 amide bonds. The van der Waals surface area contributed by atoms with Gasteiger partial charge in [0.2, 0.25) is 5.88 Å². The second-order valence-electron chi connectivity index (χ2n) is 7.63. The predicted octanol–water partition coefficient (Wildman–Crippen LogP) is 5.46. The van der Waals surface area contributed by atoms with Gasteiger partial charge < -0.3 is 19.7 Å². The first-order valence-electron chi connectivity index (χ1n) is 11.3. The Balaban J connectivity index is 2.13. The summed E-state index contributed by atoms with van der Waals surface area (Å²) in [6.07, 6.45) is 1.32. The van der Waals surface area contributed by atoms with Gasteiger partial charge in [0.1, 0.15) is 11.6 Å². The number of benzene rings is 2. The average Bonchev–Trinajstić information content (AvgIpc) is 3.17. The van der Waals surface area contributed by atoms with Crippen LogP contribution >= 0.6 is 0 Å². The molecule has 2 aromatic carbocycles. The summed E-state index contributed by atoms with van der Waals surface area (Å²) in [5.41, 5.74) is 2.03. The molecule has 1 N–H and O–H groups in total. The smallest absolute Gasteiger partial charge is 0.317 e. The zero-order chi connectivity index (χ0) is 24.7. The molecule has 0 saturated heterocycles. The standard InChI is InChI=1S/C25H30F2N4O3/c1-5-14-30(25(32)28-7-3)16-20-22(6-2)29-31(18-9-11-19(33-4)12-10-18)24(20)34-23-13-8-17(26)15-21(23)27/h8-13,15H,5-7,14,16H2,1-4H3,(H,28,32). The van der Waals surface area contributed by atoms with Gasteiger partial charge in [-0.15, -0.1) is 0 Å². The maximum atomic E-state index is 14.5. The molecule has 0 aliphatic rings. The molecule has 0 aliphatic heterocycles. The molecule has 1 aromatic heterocycles. The van der Waals surface area contributed by atoms with Crippen LogP contribution in [-0.2, 0) is 13.0 Å². The molecule has 3 rings (SSSR count).